The maximum Gasteiger partial charge on any atom is 0.331 e. The Bertz CT molecular complexity index is 913. The third kappa shape index (κ3) is 2.26. The van der Waals surface area contributed by atoms with Crippen LogP contribution in [0.25, 0.3) is 22.9 Å². The van der Waals surface area contributed by atoms with Crippen molar-refractivity contribution in [1.82, 2.24) is 19.1 Å². The summed E-state index contributed by atoms with van der Waals surface area (Å²) in [6.45, 7) is 4.12. The van der Waals surface area contributed by atoms with Gasteiger partial charge < -0.3 is 5.32 Å². The van der Waals surface area contributed by atoms with E-state index >= 15 is 0 Å². The molecule has 3 heterocycles. The Kier molecular flexibility index (Phi) is 3.45. The highest BCUT2D eigenvalue weighted by molar-refractivity contribution is 9.10. The minimum absolute atomic E-state index is 0.0138. The molecule has 118 valence electrons. The number of halogens is 1. The van der Waals surface area contributed by atoms with Crippen LogP contribution < -0.4 is 11.0 Å². The number of rotatable bonds is 3. The van der Waals surface area contributed by atoms with Crippen LogP contribution in [0.5, 0.6) is 0 Å². The molecule has 6 nitrogen and oxygen atoms in total. The van der Waals surface area contributed by atoms with Gasteiger partial charge in [0.1, 0.15) is 11.5 Å². The van der Waals surface area contributed by atoms with Gasteiger partial charge in [0, 0.05) is 29.7 Å². The lowest BCUT2D eigenvalue weighted by molar-refractivity contribution is 0.589. The van der Waals surface area contributed by atoms with Gasteiger partial charge in [0.2, 0.25) is 0 Å². The minimum Gasteiger partial charge on any atom is -0.368 e. The number of anilines is 1. The third-order valence-corrected chi connectivity index (χ3v) is 4.50. The largest absolute Gasteiger partial charge is 0.368 e. The zero-order chi connectivity index (χ0) is 16.0. The van der Waals surface area contributed by atoms with Gasteiger partial charge in [-0.2, -0.15) is 0 Å². The zero-order valence-corrected chi connectivity index (χ0v) is 14.3. The molecule has 1 aromatic rings. The molecule has 1 aromatic carbocycles. The summed E-state index contributed by atoms with van der Waals surface area (Å²) in [4.78, 5) is 22.0. The molecule has 0 radical (unpaired) electrons. The molecular weight excluding hydrogens is 358 g/mol. The molecular formula is C16H16BrN5O. The quantitative estimate of drug-likeness (QED) is 0.766. The number of hydrogen-bond acceptors (Lipinski definition) is 4. The standard InChI is InChI=1S/C16H16BrN5O/c1-2-7-21-15-12(14-18-6-8-22(14)16(21)23)19-13(20-15)10-4-3-5-11(17)9-10/h3-5,9,18H,2,6-8H2,1H3. The van der Waals surface area contributed by atoms with Gasteiger partial charge in [0.25, 0.3) is 0 Å². The Balaban J connectivity index is 1.99. The van der Waals surface area contributed by atoms with Crippen LogP contribution in [0.15, 0.2) is 33.5 Å². The van der Waals surface area contributed by atoms with Gasteiger partial charge in [-0.25, -0.2) is 14.8 Å². The molecule has 0 amide bonds. The fraction of sp³-hybridized carbons (Fsp3) is 0.312. The predicted molar refractivity (Wildman–Crippen MR) is 92.8 cm³/mol. The number of benzene rings is 1. The van der Waals surface area contributed by atoms with E-state index in [0.717, 1.165) is 34.5 Å². The first-order chi connectivity index (χ1) is 11.2. The van der Waals surface area contributed by atoms with E-state index in [1.165, 1.54) is 0 Å². The van der Waals surface area contributed by atoms with Crippen molar-refractivity contribution in [2.45, 2.75) is 26.4 Å². The summed E-state index contributed by atoms with van der Waals surface area (Å²) in [5, 5.41) is 3.27. The van der Waals surface area contributed by atoms with E-state index in [0.29, 0.717) is 24.7 Å². The summed E-state index contributed by atoms with van der Waals surface area (Å²) in [6, 6.07) is 7.88. The Labute approximate surface area is 141 Å². The summed E-state index contributed by atoms with van der Waals surface area (Å²) < 4.78 is 4.48. The second-order valence-electron chi connectivity index (χ2n) is 5.59. The van der Waals surface area contributed by atoms with Crippen LogP contribution in [0.1, 0.15) is 13.3 Å². The van der Waals surface area contributed by atoms with Crippen molar-refractivity contribution in [2.24, 2.45) is 0 Å². The zero-order valence-electron chi connectivity index (χ0n) is 12.7. The minimum atomic E-state index is -0.0138. The Hall–Kier alpha value is -2.15. The number of hydrogen-bond donors (Lipinski definition) is 1. The van der Waals surface area contributed by atoms with E-state index in [1.54, 1.807) is 9.13 Å². The average molecular weight is 374 g/mol. The highest BCUT2D eigenvalue weighted by atomic mass is 79.9. The fourth-order valence-electron chi connectivity index (χ4n) is 3.00. The second-order valence-corrected chi connectivity index (χ2v) is 6.51. The van der Waals surface area contributed by atoms with Crippen LogP contribution in [0, 0.1) is 0 Å². The van der Waals surface area contributed by atoms with Gasteiger partial charge >= 0.3 is 5.69 Å². The molecule has 3 aliphatic rings. The van der Waals surface area contributed by atoms with Crippen molar-refractivity contribution in [3.8, 4) is 22.9 Å². The van der Waals surface area contributed by atoms with Gasteiger partial charge in [-0.3, -0.25) is 9.13 Å². The summed E-state index contributed by atoms with van der Waals surface area (Å²) >= 11 is 3.48. The van der Waals surface area contributed by atoms with Crippen molar-refractivity contribution in [3.05, 3.63) is 39.2 Å². The molecule has 0 aliphatic carbocycles. The molecule has 0 aromatic heterocycles. The lowest BCUT2D eigenvalue weighted by Gasteiger charge is -2.13. The third-order valence-electron chi connectivity index (χ3n) is 4.01. The Morgan fingerprint density at radius 2 is 2.22 bits per heavy atom. The average Bonchev–Trinajstić information content (AvgIpc) is 3.18. The fourth-order valence-corrected chi connectivity index (χ4v) is 3.39. The first kappa shape index (κ1) is 14.4. The van der Waals surface area contributed by atoms with Crippen molar-refractivity contribution in [1.29, 1.82) is 0 Å². The summed E-state index contributed by atoms with van der Waals surface area (Å²) in [7, 11) is 0. The molecule has 0 fully saturated rings. The van der Waals surface area contributed by atoms with Gasteiger partial charge in [0.05, 0.1) is 0 Å². The first-order valence-electron chi connectivity index (χ1n) is 7.70. The highest BCUT2D eigenvalue weighted by Gasteiger charge is 2.27. The van der Waals surface area contributed by atoms with Crippen LogP contribution >= 0.6 is 15.9 Å². The van der Waals surface area contributed by atoms with E-state index in [1.807, 2.05) is 24.3 Å². The SMILES string of the molecule is CCCn1c2nc(-c3cccc(Br)c3)nc-2c2n(c1=O)CCN2. The second kappa shape index (κ2) is 5.49. The maximum absolute atomic E-state index is 12.7. The van der Waals surface area contributed by atoms with Gasteiger partial charge in [-0.1, -0.05) is 35.0 Å². The summed E-state index contributed by atoms with van der Waals surface area (Å²) in [5.74, 6) is 2.09. The molecule has 0 spiro atoms. The molecule has 23 heavy (non-hydrogen) atoms. The molecule has 0 bridgehead atoms. The molecule has 0 saturated carbocycles. The Morgan fingerprint density at radius 3 is 3.00 bits per heavy atom. The van der Waals surface area contributed by atoms with E-state index in [4.69, 9.17) is 4.98 Å². The molecule has 0 unspecified atom stereocenters. The van der Waals surface area contributed by atoms with Crippen LogP contribution in [-0.4, -0.2) is 25.6 Å². The van der Waals surface area contributed by atoms with E-state index in [-0.39, 0.29) is 5.69 Å². The molecule has 7 heteroatoms. The van der Waals surface area contributed by atoms with Gasteiger partial charge in [-0.15, -0.1) is 0 Å². The highest BCUT2D eigenvalue weighted by Crippen LogP contribution is 2.32. The molecule has 1 N–H and O–H groups in total. The summed E-state index contributed by atoms with van der Waals surface area (Å²) in [5.41, 5.74) is 1.69. The van der Waals surface area contributed by atoms with Crippen LogP contribution in [-0.2, 0) is 13.1 Å². The van der Waals surface area contributed by atoms with E-state index in [9.17, 15) is 4.79 Å². The molecule has 4 rings (SSSR count). The van der Waals surface area contributed by atoms with Crippen LogP contribution in [0.4, 0.5) is 5.82 Å². The monoisotopic (exact) mass is 373 g/mol. The lowest BCUT2D eigenvalue weighted by Crippen LogP contribution is -2.31. The number of imidazole rings is 1. The van der Waals surface area contributed by atoms with E-state index in [2.05, 4.69) is 33.2 Å². The topological polar surface area (TPSA) is 64.7 Å². The van der Waals surface area contributed by atoms with Crippen LogP contribution in [0.3, 0.4) is 0 Å². The van der Waals surface area contributed by atoms with Crippen molar-refractivity contribution < 1.29 is 0 Å². The van der Waals surface area contributed by atoms with Gasteiger partial charge in [-0.05, 0) is 18.6 Å². The maximum atomic E-state index is 12.7. The molecule has 0 saturated heterocycles. The van der Waals surface area contributed by atoms with E-state index < -0.39 is 0 Å². The predicted octanol–water partition coefficient (Wildman–Crippen LogP) is 2.81. The normalized spacial score (nSPS) is 13.3. The number of nitrogens with zero attached hydrogens (tertiary/aromatic N) is 4. The summed E-state index contributed by atoms with van der Waals surface area (Å²) in [6.07, 6.45) is 0.876. The smallest absolute Gasteiger partial charge is 0.331 e. The van der Waals surface area contributed by atoms with Crippen molar-refractivity contribution in [2.75, 3.05) is 11.9 Å². The molecule has 0 atom stereocenters. The van der Waals surface area contributed by atoms with Gasteiger partial charge in [0.15, 0.2) is 11.6 Å². The van der Waals surface area contributed by atoms with Crippen LogP contribution in [0.2, 0.25) is 0 Å². The first-order valence-corrected chi connectivity index (χ1v) is 8.49. The van der Waals surface area contributed by atoms with Crippen molar-refractivity contribution in [3.63, 3.8) is 0 Å². The number of aromatic nitrogens is 4. The lowest BCUT2D eigenvalue weighted by atomic mass is 10.2. The number of nitrogens with one attached hydrogen (secondary N) is 1. The Morgan fingerprint density at radius 1 is 1.35 bits per heavy atom. The molecule has 3 aliphatic heterocycles. The number of fused-ring (bicyclic) bond motifs is 3. The van der Waals surface area contributed by atoms with Crippen molar-refractivity contribution >= 4 is 21.7 Å².